The van der Waals surface area contributed by atoms with Crippen molar-refractivity contribution in [1.82, 2.24) is 0 Å². The molecule has 21 heavy (non-hydrogen) atoms. The number of rotatable bonds is 8. The van der Waals surface area contributed by atoms with Crippen LogP contribution in [0.3, 0.4) is 0 Å². The fourth-order valence-electron chi connectivity index (χ4n) is 2.32. The fraction of sp³-hybridized carbons (Fsp3) is 1.00. The van der Waals surface area contributed by atoms with E-state index in [2.05, 4.69) is 40.8 Å². The van der Waals surface area contributed by atoms with Crippen LogP contribution in [0.4, 0.5) is 0 Å². The van der Waals surface area contributed by atoms with Gasteiger partial charge in [0.05, 0.1) is 19.3 Å². The summed E-state index contributed by atoms with van der Waals surface area (Å²) in [4.78, 5) is 0. The first-order valence-corrected chi connectivity index (χ1v) is 11.1. The van der Waals surface area contributed by atoms with Crippen molar-refractivity contribution in [2.75, 3.05) is 13.2 Å². The molecule has 0 aromatic carbocycles. The van der Waals surface area contributed by atoms with Crippen LogP contribution in [0.15, 0.2) is 0 Å². The van der Waals surface area contributed by atoms with E-state index in [0.717, 1.165) is 19.3 Å². The van der Waals surface area contributed by atoms with Crippen molar-refractivity contribution >= 4 is 8.32 Å². The molecular weight excluding hydrogens is 284 g/mol. The van der Waals surface area contributed by atoms with Gasteiger partial charge in [0.2, 0.25) is 0 Å². The van der Waals surface area contributed by atoms with Crippen LogP contribution in [0.2, 0.25) is 18.1 Å². The predicted octanol–water partition coefficient (Wildman–Crippen LogP) is 3.69. The molecule has 0 aromatic heterocycles. The van der Waals surface area contributed by atoms with Gasteiger partial charge in [0.25, 0.3) is 0 Å². The lowest BCUT2D eigenvalue weighted by Crippen LogP contribution is -2.43. The lowest BCUT2D eigenvalue weighted by molar-refractivity contribution is -0.0498. The Labute approximate surface area is 131 Å². The highest BCUT2D eigenvalue weighted by molar-refractivity contribution is 6.74. The lowest BCUT2D eigenvalue weighted by Gasteiger charge is -2.38. The highest BCUT2D eigenvalue weighted by Gasteiger charge is 2.38. The predicted molar refractivity (Wildman–Crippen MR) is 87.9 cm³/mol. The Balaban J connectivity index is 2.22. The zero-order valence-electron chi connectivity index (χ0n) is 14.6. The van der Waals surface area contributed by atoms with E-state index in [4.69, 9.17) is 13.9 Å². The van der Waals surface area contributed by atoms with Crippen LogP contribution < -0.4 is 0 Å². The quantitative estimate of drug-likeness (QED) is 0.693. The van der Waals surface area contributed by atoms with Crippen LogP contribution in [-0.4, -0.2) is 45.1 Å². The van der Waals surface area contributed by atoms with Gasteiger partial charge in [-0.2, -0.15) is 0 Å². The molecule has 0 bridgehead atoms. The van der Waals surface area contributed by atoms with Gasteiger partial charge in [0, 0.05) is 6.10 Å². The summed E-state index contributed by atoms with van der Waals surface area (Å²) in [6.07, 6.45) is 3.05. The van der Waals surface area contributed by atoms with Crippen LogP contribution in [0.5, 0.6) is 0 Å². The maximum Gasteiger partial charge on any atom is 0.192 e. The average molecular weight is 319 g/mol. The Bertz CT molecular complexity index is 295. The number of hydrogen-bond donors (Lipinski definition) is 1. The Morgan fingerprint density at radius 3 is 2.33 bits per heavy atom. The third-order valence-electron chi connectivity index (χ3n) is 4.57. The van der Waals surface area contributed by atoms with Gasteiger partial charge in [-0.1, -0.05) is 20.8 Å². The largest absolute Gasteiger partial charge is 0.414 e. The molecule has 1 N–H and O–H groups in total. The summed E-state index contributed by atoms with van der Waals surface area (Å²) < 4.78 is 17.1. The van der Waals surface area contributed by atoms with Crippen molar-refractivity contribution < 1.29 is 19.0 Å². The van der Waals surface area contributed by atoms with Gasteiger partial charge in [-0.15, -0.1) is 0 Å². The molecule has 1 aliphatic heterocycles. The molecule has 1 saturated heterocycles. The molecule has 126 valence electrons. The minimum atomic E-state index is -1.74. The third-order valence-corrected chi connectivity index (χ3v) is 9.18. The summed E-state index contributed by atoms with van der Waals surface area (Å²) in [6.45, 7) is 14.7. The second-order valence-corrected chi connectivity index (χ2v) is 12.4. The van der Waals surface area contributed by atoms with Gasteiger partial charge >= 0.3 is 0 Å². The number of aliphatic hydroxyl groups is 1. The summed E-state index contributed by atoms with van der Waals surface area (Å²) in [6, 6.07) is 0. The molecule has 4 nitrogen and oxygen atoms in total. The highest BCUT2D eigenvalue weighted by Crippen LogP contribution is 2.37. The molecule has 0 saturated carbocycles. The van der Waals surface area contributed by atoms with Gasteiger partial charge in [-0.3, -0.25) is 0 Å². The maximum absolute atomic E-state index is 10.1. The minimum absolute atomic E-state index is 0.0573. The first kappa shape index (κ1) is 19.1. The molecule has 1 heterocycles. The smallest absolute Gasteiger partial charge is 0.192 e. The van der Waals surface area contributed by atoms with E-state index in [-0.39, 0.29) is 23.5 Å². The van der Waals surface area contributed by atoms with Crippen molar-refractivity contribution in [3.8, 4) is 0 Å². The fourth-order valence-corrected chi connectivity index (χ4v) is 3.78. The number of hydrogen-bond acceptors (Lipinski definition) is 4. The molecular formula is C16H34O4Si. The summed E-state index contributed by atoms with van der Waals surface area (Å²) >= 11 is 0. The summed E-state index contributed by atoms with van der Waals surface area (Å²) in [5, 5.41) is 10.4. The molecule has 0 amide bonds. The Hall–Kier alpha value is 0.0569. The summed E-state index contributed by atoms with van der Waals surface area (Å²) in [5.41, 5.74) is 0. The number of ether oxygens (including phenoxy) is 2. The molecule has 0 unspecified atom stereocenters. The normalized spacial score (nSPS) is 20.7. The van der Waals surface area contributed by atoms with Gasteiger partial charge in [-0.25, -0.2) is 0 Å². The SMILES string of the molecule is C[C@H](C[C@H](O)CCCC1OCCO1)O[Si](C)(C)C(C)(C)C. The monoisotopic (exact) mass is 318 g/mol. The van der Waals surface area contributed by atoms with Crippen LogP contribution >= 0.6 is 0 Å². The highest BCUT2D eigenvalue weighted by atomic mass is 28.4. The summed E-state index contributed by atoms with van der Waals surface area (Å²) in [7, 11) is -1.74. The average Bonchev–Trinajstić information content (AvgIpc) is 2.79. The van der Waals surface area contributed by atoms with E-state index in [1.807, 2.05) is 0 Å². The molecule has 2 atom stereocenters. The van der Waals surface area contributed by atoms with Crippen LogP contribution in [-0.2, 0) is 13.9 Å². The van der Waals surface area contributed by atoms with Crippen molar-refractivity contribution in [3.05, 3.63) is 0 Å². The van der Waals surface area contributed by atoms with Gasteiger partial charge in [0.1, 0.15) is 0 Å². The Morgan fingerprint density at radius 2 is 1.81 bits per heavy atom. The second-order valence-electron chi connectivity index (χ2n) is 7.68. The molecule has 5 heteroatoms. The maximum atomic E-state index is 10.1. The molecule has 0 aliphatic carbocycles. The van der Waals surface area contributed by atoms with Gasteiger partial charge < -0.3 is 19.0 Å². The lowest BCUT2D eigenvalue weighted by atomic mass is 10.1. The topological polar surface area (TPSA) is 47.9 Å². The molecule has 0 spiro atoms. The van der Waals surface area contributed by atoms with Crippen molar-refractivity contribution in [2.24, 2.45) is 0 Å². The first-order valence-electron chi connectivity index (χ1n) is 8.21. The Morgan fingerprint density at radius 1 is 1.24 bits per heavy atom. The van der Waals surface area contributed by atoms with Crippen LogP contribution in [0.1, 0.15) is 53.4 Å². The first-order chi connectivity index (χ1) is 9.62. The standard InChI is InChI=1S/C16H34O4Si/c1-13(20-21(5,6)16(2,3)4)12-14(17)8-7-9-15-18-10-11-19-15/h13-15,17H,7-12H2,1-6H3/t13-,14-/m1/s1. The van der Waals surface area contributed by atoms with E-state index in [1.54, 1.807) is 0 Å². The van der Waals surface area contributed by atoms with E-state index in [0.29, 0.717) is 19.6 Å². The van der Waals surface area contributed by atoms with Crippen molar-refractivity contribution in [2.45, 2.75) is 90.0 Å². The van der Waals surface area contributed by atoms with E-state index in [1.165, 1.54) is 0 Å². The minimum Gasteiger partial charge on any atom is -0.414 e. The molecule has 1 aliphatic rings. The van der Waals surface area contributed by atoms with Crippen LogP contribution in [0, 0.1) is 0 Å². The second kappa shape index (κ2) is 8.06. The number of aliphatic hydroxyl groups excluding tert-OH is 1. The van der Waals surface area contributed by atoms with E-state index < -0.39 is 8.32 Å². The van der Waals surface area contributed by atoms with Crippen molar-refractivity contribution in [1.29, 1.82) is 0 Å². The zero-order valence-corrected chi connectivity index (χ0v) is 15.6. The molecule has 1 fully saturated rings. The van der Waals surface area contributed by atoms with E-state index in [9.17, 15) is 5.11 Å². The zero-order chi connectivity index (χ0) is 16.1. The molecule has 1 rings (SSSR count). The molecule has 0 aromatic rings. The summed E-state index contributed by atoms with van der Waals surface area (Å²) in [5.74, 6) is 0. The Kier molecular flexibility index (Phi) is 7.33. The van der Waals surface area contributed by atoms with Gasteiger partial charge in [-0.05, 0) is 50.7 Å². The van der Waals surface area contributed by atoms with E-state index >= 15 is 0 Å². The van der Waals surface area contributed by atoms with Crippen LogP contribution in [0.25, 0.3) is 0 Å². The third kappa shape index (κ3) is 6.78. The molecule has 0 radical (unpaired) electrons. The van der Waals surface area contributed by atoms with Crippen molar-refractivity contribution in [3.63, 3.8) is 0 Å². The van der Waals surface area contributed by atoms with Gasteiger partial charge in [0.15, 0.2) is 14.6 Å².